The largest absolute Gasteiger partial charge is 0.385 e. The van der Waals surface area contributed by atoms with Gasteiger partial charge in [-0.1, -0.05) is 38.8 Å². The number of allylic oxidation sites excluding steroid dienone is 2. The standard InChI is InChI=1S/C27H32N4O2/c1-26(2)9-7-19(8-10-26)22-12-20(27(33)13-17-3-4-18(11-17)14-27)5-6-23(22)31-25(32)24-29-16-21(15-28)30-24/h5-7,12,16-18,33H,3-4,8-11,13-14H2,1-2H3,(H,29,30)(H,31,32). The summed E-state index contributed by atoms with van der Waals surface area (Å²) in [5.74, 6) is 0.957. The van der Waals surface area contributed by atoms with Crippen LogP contribution in [0.4, 0.5) is 5.69 Å². The Morgan fingerprint density at radius 3 is 2.67 bits per heavy atom. The highest BCUT2D eigenvalue weighted by molar-refractivity contribution is 6.03. The molecule has 3 aliphatic carbocycles. The van der Waals surface area contributed by atoms with E-state index in [0.717, 1.165) is 43.2 Å². The third-order valence-electron chi connectivity index (χ3n) is 7.93. The third kappa shape index (κ3) is 4.35. The fraction of sp³-hybridized carbons (Fsp3) is 0.519. The highest BCUT2D eigenvalue weighted by Crippen LogP contribution is 2.51. The van der Waals surface area contributed by atoms with Crippen LogP contribution < -0.4 is 5.32 Å². The molecule has 2 aromatic rings. The molecule has 1 heterocycles. The minimum Gasteiger partial charge on any atom is -0.385 e. The fourth-order valence-corrected chi connectivity index (χ4v) is 6.03. The molecule has 1 aromatic carbocycles. The van der Waals surface area contributed by atoms with Crippen LogP contribution >= 0.6 is 0 Å². The molecule has 3 aliphatic rings. The van der Waals surface area contributed by atoms with E-state index in [1.807, 2.05) is 18.2 Å². The number of aromatic amines is 1. The van der Waals surface area contributed by atoms with Crippen molar-refractivity contribution in [3.8, 4) is 6.07 Å². The van der Waals surface area contributed by atoms with Gasteiger partial charge in [0.25, 0.3) is 5.91 Å². The van der Waals surface area contributed by atoms with Crippen molar-refractivity contribution in [3.63, 3.8) is 0 Å². The second-order valence-electron chi connectivity index (χ2n) is 11.0. The molecule has 2 saturated carbocycles. The molecule has 0 spiro atoms. The summed E-state index contributed by atoms with van der Waals surface area (Å²) in [4.78, 5) is 19.6. The lowest BCUT2D eigenvalue weighted by atomic mass is 9.72. The number of nitrogens with one attached hydrogen (secondary N) is 2. The van der Waals surface area contributed by atoms with E-state index in [9.17, 15) is 9.90 Å². The summed E-state index contributed by atoms with van der Waals surface area (Å²) in [5.41, 5.74) is 3.53. The van der Waals surface area contributed by atoms with Crippen LogP contribution in [0.3, 0.4) is 0 Å². The summed E-state index contributed by atoms with van der Waals surface area (Å²) in [6.07, 6.45) is 12.1. The van der Waals surface area contributed by atoms with Crippen molar-refractivity contribution in [1.29, 1.82) is 5.26 Å². The Hall–Kier alpha value is -2.91. The van der Waals surface area contributed by atoms with Crippen molar-refractivity contribution in [2.24, 2.45) is 17.3 Å². The molecule has 0 aliphatic heterocycles. The van der Waals surface area contributed by atoms with Crippen molar-refractivity contribution in [2.45, 2.75) is 70.8 Å². The van der Waals surface area contributed by atoms with Crippen LogP contribution in [0.2, 0.25) is 0 Å². The SMILES string of the molecule is CC1(C)CC=C(c2cc(C3(O)CC4CCC(C4)C3)ccc2NC(=O)c2nc(C#N)c[nH]2)CC1. The quantitative estimate of drug-likeness (QED) is 0.577. The van der Waals surface area contributed by atoms with E-state index in [1.165, 1.54) is 31.0 Å². The lowest BCUT2D eigenvalue weighted by Gasteiger charge is -2.37. The Morgan fingerprint density at radius 1 is 1.27 bits per heavy atom. The van der Waals surface area contributed by atoms with Gasteiger partial charge in [-0.15, -0.1) is 0 Å². The van der Waals surface area contributed by atoms with E-state index in [4.69, 9.17) is 5.26 Å². The maximum atomic E-state index is 12.8. The van der Waals surface area contributed by atoms with E-state index in [2.05, 4.69) is 41.3 Å². The number of benzene rings is 1. The number of rotatable bonds is 4. The zero-order valence-corrected chi connectivity index (χ0v) is 19.4. The van der Waals surface area contributed by atoms with Crippen LogP contribution in [0, 0.1) is 28.6 Å². The van der Waals surface area contributed by atoms with E-state index in [1.54, 1.807) is 0 Å². The topological polar surface area (TPSA) is 102 Å². The molecule has 2 bridgehead atoms. The molecule has 33 heavy (non-hydrogen) atoms. The van der Waals surface area contributed by atoms with Crippen molar-refractivity contribution < 1.29 is 9.90 Å². The molecule has 3 N–H and O–H groups in total. The highest BCUT2D eigenvalue weighted by atomic mass is 16.3. The first-order valence-corrected chi connectivity index (χ1v) is 12.1. The Balaban J connectivity index is 1.49. The number of hydrogen-bond acceptors (Lipinski definition) is 4. The zero-order chi connectivity index (χ0) is 23.2. The average molecular weight is 445 g/mol. The van der Waals surface area contributed by atoms with Gasteiger partial charge < -0.3 is 15.4 Å². The number of imidazole rings is 1. The smallest absolute Gasteiger partial charge is 0.291 e. The summed E-state index contributed by atoms with van der Waals surface area (Å²) in [5, 5.41) is 23.7. The lowest BCUT2D eigenvalue weighted by Crippen LogP contribution is -2.33. The van der Waals surface area contributed by atoms with Crippen molar-refractivity contribution in [1.82, 2.24) is 9.97 Å². The van der Waals surface area contributed by atoms with Crippen molar-refractivity contribution >= 4 is 17.2 Å². The highest BCUT2D eigenvalue weighted by Gasteiger charge is 2.44. The number of carbonyl (C=O) groups is 1. The summed E-state index contributed by atoms with van der Waals surface area (Å²) in [6, 6.07) is 7.94. The maximum Gasteiger partial charge on any atom is 0.291 e. The Bertz CT molecular complexity index is 1140. The van der Waals surface area contributed by atoms with E-state index < -0.39 is 5.60 Å². The predicted molar refractivity (Wildman–Crippen MR) is 127 cm³/mol. The molecular formula is C27H32N4O2. The summed E-state index contributed by atoms with van der Waals surface area (Å²) < 4.78 is 0. The van der Waals surface area contributed by atoms with Crippen LogP contribution in [0.15, 0.2) is 30.5 Å². The molecular weight excluding hydrogens is 412 g/mol. The zero-order valence-electron chi connectivity index (χ0n) is 19.4. The van der Waals surface area contributed by atoms with E-state index >= 15 is 0 Å². The van der Waals surface area contributed by atoms with Gasteiger partial charge >= 0.3 is 0 Å². The molecule has 172 valence electrons. The number of nitrogens with zero attached hydrogens (tertiary/aromatic N) is 2. The van der Waals surface area contributed by atoms with Gasteiger partial charge in [0.1, 0.15) is 6.07 Å². The second-order valence-corrected chi connectivity index (χ2v) is 11.0. The monoisotopic (exact) mass is 444 g/mol. The Morgan fingerprint density at radius 2 is 2.03 bits per heavy atom. The summed E-state index contributed by atoms with van der Waals surface area (Å²) >= 11 is 0. The van der Waals surface area contributed by atoms with Crippen LogP contribution in [0.1, 0.15) is 92.7 Å². The molecule has 2 atom stereocenters. The van der Waals surface area contributed by atoms with Gasteiger partial charge in [0.05, 0.1) is 5.60 Å². The van der Waals surface area contributed by atoms with E-state index in [0.29, 0.717) is 17.5 Å². The third-order valence-corrected chi connectivity index (χ3v) is 7.93. The Kier molecular flexibility index (Phi) is 5.41. The van der Waals surface area contributed by atoms with Gasteiger partial charge in [-0.3, -0.25) is 4.79 Å². The number of amides is 1. The first-order valence-electron chi connectivity index (χ1n) is 12.1. The van der Waals surface area contributed by atoms with E-state index in [-0.39, 0.29) is 22.8 Å². The molecule has 6 nitrogen and oxygen atoms in total. The minimum absolute atomic E-state index is 0.114. The van der Waals surface area contributed by atoms with Crippen LogP contribution in [0.25, 0.3) is 5.57 Å². The van der Waals surface area contributed by atoms with Gasteiger partial charge in [0.15, 0.2) is 11.5 Å². The summed E-state index contributed by atoms with van der Waals surface area (Å²) in [6.45, 7) is 4.56. The maximum absolute atomic E-state index is 12.8. The molecule has 2 fully saturated rings. The minimum atomic E-state index is -0.793. The normalized spacial score (nSPS) is 28.1. The predicted octanol–water partition coefficient (Wildman–Crippen LogP) is 5.52. The van der Waals surface area contributed by atoms with Crippen molar-refractivity contribution in [2.75, 3.05) is 5.32 Å². The van der Waals surface area contributed by atoms with Gasteiger partial charge in [0, 0.05) is 17.4 Å². The van der Waals surface area contributed by atoms with Crippen LogP contribution in [0.5, 0.6) is 0 Å². The number of aliphatic hydroxyl groups is 1. The number of nitriles is 1. The number of H-pyrrole nitrogens is 1. The Labute approximate surface area is 195 Å². The average Bonchev–Trinajstić information content (AvgIpc) is 3.40. The lowest BCUT2D eigenvalue weighted by molar-refractivity contribution is -0.0255. The second kappa shape index (κ2) is 8.14. The molecule has 1 amide bonds. The molecule has 0 saturated heterocycles. The first kappa shape index (κ1) is 21.9. The molecule has 2 unspecified atom stereocenters. The van der Waals surface area contributed by atoms with Gasteiger partial charge in [-0.2, -0.15) is 5.26 Å². The molecule has 6 heteroatoms. The number of anilines is 1. The molecule has 5 rings (SSSR count). The molecule has 1 aromatic heterocycles. The fourth-order valence-electron chi connectivity index (χ4n) is 6.03. The number of fused-ring (bicyclic) bond motifs is 2. The summed E-state index contributed by atoms with van der Waals surface area (Å²) in [7, 11) is 0. The van der Waals surface area contributed by atoms with Crippen LogP contribution in [-0.4, -0.2) is 21.0 Å². The molecule has 0 radical (unpaired) electrons. The van der Waals surface area contributed by atoms with Gasteiger partial charge in [-0.25, -0.2) is 4.98 Å². The first-order chi connectivity index (χ1) is 15.7. The number of hydrogen-bond donors (Lipinski definition) is 3. The number of aromatic nitrogens is 2. The number of carbonyl (C=O) groups excluding carboxylic acids is 1. The van der Waals surface area contributed by atoms with Crippen molar-refractivity contribution in [3.05, 3.63) is 53.1 Å². The van der Waals surface area contributed by atoms with Gasteiger partial charge in [-0.05, 0) is 79.0 Å². The van der Waals surface area contributed by atoms with Gasteiger partial charge in [0.2, 0.25) is 0 Å². The van der Waals surface area contributed by atoms with Crippen LogP contribution in [-0.2, 0) is 5.60 Å².